The second kappa shape index (κ2) is 6.22. The van der Waals surface area contributed by atoms with Gasteiger partial charge in [0.25, 0.3) is 5.91 Å². The lowest BCUT2D eigenvalue weighted by Crippen LogP contribution is -2.52. The number of carbonyl (C=O) groups is 3. The van der Waals surface area contributed by atoms with Crippen molar-refractivity contribution in [1.82, 2.24) is 9.80 Å². The highest BCUT2D eigenvalue weighted by atomic mass is 16.2. The maximum atomic E-state index is 13.3. The lowest BCUT2D eigenvalue weighted by molar-refractivity contribution is -0.135. The third kappa shape index (κ3) is 2.56. The normalized spacial score (nSPS) is 33.8. The molecule has 1 aliphatic heterocycles. The van der Waals surface area contributed by atoms with Gasteiger partial charge in [-0.05, 0) is 43.9 Å². The maximum Gasteiger partial charge on any atom is 0.327 e. The molecule has 1 heterocycles. The number of likely N-dealkylation sites (N-methyl/N-ethyl adjacent to an activating group) is 1. The number of rotatable bonds is 4. The van der Waals surface area contributed by atoms with Crippen LogP contribution in [0.4, 0.5) is 4.79 Å². The molecule has 3 unspecified atom stereocenters. The second-order valence-electron chi connectivity index (χ2n) is 8.38. The Morgan fingerprint density at radius 3 is 2.31 bits per heavy atom. The van der Waals surface area contributed by atoms with E-state index in [0.717, 1.165) is 17.7 Å². The van der Waals surface area contributed by atoms with E-state index in [-0.39, 0.29) is 30.2 Å². The summed E-state index contributed by atoms with van der Waals surface area (Å²) in [5.74, 6) is 1.15. The Bertz CT molecular complexity index is 735. The predicted octanol–water partition coefficient (Wildman–Crippen LogP) is 3.35. The molecule has 4 atom stereocenters. The molecular weight excluding hydrogens is 328 g/mol. The number of imide groups is 1. The molecule has 3 fully saturated rings. The Morgan fingerprint density at radius 1 is 1.08 bits per heavy atom. The smallest absolute Gasteiger partial charge is 0.313 e. The van der Waals surface area contributed by atoms with E-state index in [0.29, 0.717) is 17.4 Å². The minimum Gasteiger partial charge on any atom is -0.313 e. The van der Waals surface area contributed by atoms with Gasteiger partial charge in [0, 0.05) is 12.6 Å². The fourth-order valence-electron chi connectivity index (χ4n) is 5.30. The van der Waals surface area contributed by atoms with Gasteiger partial charge in [-0.1, -0.05) is 43.2 Å². The van der Waals surface area contributed by atoms with Gasteiger partial charge in [0.1, 0.15) is 5.54 Å². The Morgan fingerprint density at radius 2 is 1.69 bits per heavy atom. The van der Waals surface area contributed by atoms with Gasteiger partial charge in [-0.25, -0.2) is 4.79 Å². The number of hydrogen-bond donors (Lipinski definition) is 0. The van der Waals surface area contributed by atoms with Crippen LogP contribution < -0.4 is 0 Å². The maximum absolute atomic E-state index is 13.3. The van der Waals surface area contributed by atoms with Crippen LogP contribution in [0.5, 0.6) is 0 Å². The Kier molecular flexibility index (Phi) is 4.13. The molecule has 0 spiro atoms. The fraction of sp³-hybridized carbons (Fsp3) is 0.571. The molecule has 1 aromatic carbocycles. The summed E-state index contributed by atoms with van der Waals surface area (Å²) in [7, 11) is 1.71. The summed E-state index contributed by atoms with van der Waals surface area (Å²) in [6.07, 6.45) is 5.79. The summed E-state index contributed by atoms with van der Waals surface area (Å²) in [6.45, 7) is 1.72. The standard InChI is InChI=1S/C21H26N2O3/c1-21(17-11-14-8-9-15(10-14)12-17)19(25)23(20(26)22(21)2)13-18(24)16-6-4-3-5-7-16/h3-7,14-15,17H,8-13H2,1-2H3/t14-,15?,17?,21?/m0/s1. The van der Waals surface area contributed by atoms with Gasteiger partial charge < -0.3 is 4.90 Å². The van der Waals surface area contributed by atoms with Crippen molar-refractivity contribution in [3.63, 3.8) is 0 Å². The first kappa shape index (κ1) is 17.3. The highest BCUT2D eigenvalue weighted by Crippen LogP contribution is 2.50. The van der Waals surface area contributed by atoms with Gasteiger partial charge in [0.15, 0.2) is 5.78 Å². The average Bonchev–Trinajstić information content (AvgIpc) is 3.08. The number of hydrogen-bond acceptors (Lipinski definition) is 3. The summed E-state index contributed by atoms with van der Waals surface area (Å²) < 4.78 is 0. The lowest BCUT2D eigenvalue weighted by Gasteiger charge is -2.41. The van der Waals surface area contributed by atoms with Gasteiger partial charge in [0.05, 0.1) is 6.54 Å². The number of ketones is 1. The van der Waals surface area contributed by atoms with E-state index in [2.05, 4.69) is 0 Å². The lowest BCUT2D eigenvalue weighted by atomic mass is 9.70. The van der Waals surface area contributed by atoms with Gasteiger partial charge in [-0.3, -0.25) is 14.5 Å². The molecule has 1 aromatic rings. The molecule has 26 heavy (non-hydrogen) atoms. The molecule has 0 radical (unpaired) electrons. The van der Waals surface area contributed by atoms with Crippen LogP contribution in [0.25, 0.3) is 0 Å². The molecule has 0 N–H and O–H groups in total. The highest BCUT2D eigenvalue weighted by molar-refractivity contribution is 6.11. The van der Waals surface area contributed by atoms with Crippen molar-refractivity contribution >= 4 is 17.7 Å². The molecule has 5 heteroatoms. The predicted molar refractivity (Wildman–Crippen MR) is 97.6 cm³/mol. The van der Waals surface area contributed by atoms with E-state index in [1.807, 2.05) is 13.0 Å². The number of carbonyl (C=O) groups excluding carboxylic acids is 3. The van der Waals surface area contributed by atoms with E-state index < -0.39 is 5.54 Å². The number of amides is 3. The van der Waals surface area contributed by atoms with Gasteiger partial charge >= 0.3 is 6.03 Å². The van der Waals surface area contributed by atoms with Gasteiger partial charge in [-0.2, -0.15) is 0 Å². The molecule has 3 amide bonds. The van der Waals surface area contributed by atoms with E-state index in [1.54, 1.807) is 36.2 Å². The molecule has 2 aliphatic carbocycles. The van der Waals surface area contributed by atoms with E-state index in [4.69, 9.17) is 0 Å². The fourth-order valence-corrected chi connectivity index (χ4v) is 5.30. The molecule has 4 rings (SSSR count). The van der Waals surface area contributed by atoms with Crippen LogP contribution in [-0.2, 0) is 4.79 Å². The zero-order valence-electron chi connectivity index (χ0n) is 15.5. The van der Waals surface area contributed by atoms with Crippen molar-refractivity contribution in [2.24, 2.45) is 17.8 Å². The molecular formula is C21H26N2O3. The first-order valence-electron chi connectivity index (χ1n) is 9.59. The van der Waals surface area contributed by atoms with Crippen LogP contribution in [-0.4, -0.2) is 46.7 Å². The van der Waals surface area contributed by atoms with Gasteiger partial charge in [-0.15, -0.1) is 0 Å². The van der Waals surface area contributed by atoms with Crippen LogP contribution in [0.2, 0.25) is 0 Å². The van der Waals surface area contributed by atoms with E-state index in [1.165, 1.54) is 19.3 Å². The van der Waals surface area contributed by atoms with Crippen LogP contribution in [0.15, 0.2) is 30.3 Å². The zero-order valence-corrected chi connectivity index (χ0v) is 15.5. The summed E-state index contributed by atoms with van der Waals surface area (Å²) >= 11 is 0. The number of fused-ring (bicyclic) bond motifs is 2. The molecule has 2 bridgehead atoms. The average molecular weight is 354 g/mol. The first-order chi connectivity index (χ1) is 12.4. The largest absolute Gasteiger partial charge is 0.327 e. The third-order valence-corrected chi connectivity index (χ3v) is 6.97. The SMILES string of the molecule is CN1C(=O)N(CC(=O)c2ccccc2)C(=O)C1(C)C1CC2CC[C@@H](C2)C1. The third-order valence-electron chi connectivity index (χ3n) is 6.97. The van der Waals surface area contributed by atoms with E-state index in [9.17, 15) is 14.4 Å². The number of nitrogens with zero attached hydrogens (tertiary/aromatic N) is 2. The van der Waals surface area contributed by atoms with Crippen LogP contribution in [0.1, 0.15) is 49.4 Å². The zero-order chi connectivity index (χ0) is 18.5. The summed E-state index contributed by atoms with van der Waals surface area (Å²) in [4.78, 5) is 41.3. The molecule has 138 valence electrons. The Balaban J connectivity index is 1.56. The summed E-state index contributed by atoms with van der Waals surface area (Å²) in [6, 6.07) is 8.50. The monoisotopic (exact) mass is 354 g/mol. The number of Topliss-reactive ketones (excluding diaryl/α,β-unsaturated/α-hetero) is 1. The van der Waals surface area contributed by atoms with Crippen LogP contribution in [0.3, 0.4) is 0 Å². The number of benzene rings is 1. The van der Waals surface area contributed by atoms with Crippen molar-refractivity contribution in [1.29, 1.82) is 0 Å². The highest BCUT2D eigenvalue weighted by Gasteiger charge is 2.58. The van der Waals surface area contributed by atoms with E-state index >= 15 is 0 Å². The quantitative estimate of drug-likeness (QED) is 0.615. The van der Waals surface area contributed by atoms with Crippen molar-refractivity contribution < 1.29 is 14.4 Å². The molecule has 1 saturated heterocycles. The molecule has 0 aromatic heterocycles. The van der Waals surface area contributed by atoms with Crippen molar-refractivity contribution in [3.05, 3.63) is 35.9 Å². The first-order valence-corrected chi connectivity index (χ1v) is 9.59. The summed E-state index contributed by atoms with van der Waals surface area (Å²) in [5.41, 5.74) is -0.296. The minimum absolute atomic E-state index is 0.179. The number of urea groups is 1. The Hall–Kier alpha value is -2.17. The topological polar surface area (TPSA) is 57.7 Å². The minimum atomic E-state index is -0.824. The molecule has 3 aliphatic rings. The van der Waals surface area contributed by atoms with Crippen molar-refractivity contribution in [2.45, 2.75) is 44.6 Å². The Labute approximate surface area is 154 Å². The van der Waals surface area contributed by atoms with Gasteiger partial charge in [0.2, 0.25) is 0 Å². The van der Waals surface area contributed by atoms with Crippen LogP contribution in [0, 0.1) is 17.8 Å². The van der Waals surface area contributed by atoms with Crippen molar-refractivity contribution in [2.75, 3.05) is 13.6 Å². The molecule has 2 saturated carbocycles. The summed E-state index contributed by atoms with van der Waals surface area (Å²) in [5, 5.41) is 0. The van der Waals surface area contributed by atoms with Crippen LogP contribution >= 0.6 is 0 Å². The van der Waals surface area contributed by atoms with Crippen molar-refractivity contribution in [3.8, 4) is 0 Å². The molecule has 5 nitrogen and oxygen atoms in total. The second-order valence-corrected chi connectivity index (χ2v) is 8.38.